The van der Waals surface area contributed by atoms with Crippen LogP contribution in [0.25, 0.3) is 22.6 Å². The van der Waals surface area contributed by atoms with Crippen LogP contribution in [-0.4, -0.2) is 25.1 Å². The van der Waals surface area contributed by atoms with Crippen LogP contribution in [0.3, 0.4) is 0 Å². The molecule has 0 radical (unpaired) electrons. The summed E-state index contributed by atoms with van der Waals surface area (Å²) < 4.78 is 16.9. The Morgan fingerprint density at radius 1 is 1.03 bits per heavy atom. The third-order valence-electron chi connectivity index (χ3n) is 5.43. The molecule has 0 fully saturated rings. The summed E-state index contributed by atoms with van der Waals surface area (Å²) >= 11 is 0. The van der Waals surface area contributed by atoms with Crippen molar-refractivity contribution in [1.82, 2.24) is 4.98 Å². The van der Waals surface area contributed by atoms with Crippen LogP contribution in [0, 0.1) is 6.92 Å². The van der Waals surface area contributed by atoms with Crippen molar-refractivity contribution in [1.29, 1.82) is 0 Å². The molecule has 0 unspecified atom stereocenters. The number of nitrogens with zero attached hydrogens (tertiary/aromatic N) is 1. The van der Waals surface area contributed by atoms with Gasteiger partial charge in [0.2, 0.25) is 5.89 Å². The number of anilines is 1. The number of ether oxygens (including phenoxy) is 2. The van der Waals surface area contributed by atoms with Gasteiger partial charge in [-0.05, 0) is 60.4 Å². The number of fused-ring (bicyclic) bond motifs is 1. The lowest BCUT2D eigenvalue weighted by Gasteiger charge is -2.14. The Kier molecular flexibility index (Phi) is 5.86. The third-order valence-corrected chi connectivity index (χ3v) is 5.43. The second-order valence-corrected chi connectivity index (χ2v) is 7.93. The minimum atomic E-state index is -0.292. The molecule has 0 spiro atoms. The lowest BCUT2D eigenvalue weighted by Crippen LogP contribution is -2.14. The van der Waals surface area contributed by atoms with Crippen molar-refractivity contribution < 1.29 is 18.7 Å². The van der Waals surface area contributed by atoms with E-state index in [1.54, 1.807) is 32.4 Å². The number of benzene rings is 3. The van der Waals surface area contributed by atoms with Crippen LogP contribution < -0.4 is 14.8 Å². The first-order valence-corrected chi connectivity index (χ1v) is 10.4. The molecule has 0 aliphatic rings. The average Bonchev–Trinajstić information content (AvgIpc) is 3.22. The number of para-hydroxylation sites is 1. The first-order valence-electron chi connectivity index (χ1n) is 10.4. The van der Waals surface area contributed by atoms with E-state index in [2.05, 4.69) is 30.2 Å². The molecule has 0 saturated heterocycles. The van der Waals surface area contributed by atoms with Gasteiger partial charge >= 0.3 is 0 Å². The summed E-state index contributed by atoms with van der Waals surface area (Å²) in [5.41, 5.74) is 5.30. The van der Waals surface area contributed by atoms with Crippen molar-refractivity contribution in [3.63, 3.8) is 0 Å². The van der Waals surface area contributed by atoms with Crippen LogP contribution in [0.5, 0.6) is 11.5 Å². The highest BCUT2D eigenvalue weighted by Gasteiger charge is 2.18. The first-order chi connectivity index (χ1) is 15.4. The SMILES string of the molecule is COc1ccc(-c2nc3cc(C(C)C)ccc3o2)cc1NC(=O)c1cccc(C)c1OC. The Bertz CT molecular complexity index is 1290. The van der Waals surface area contributed by atoms with E-state index >= 15 is 0 Å². The zero-order valence-corrected chi connectivity index (χ0v) is 18.9. The van der Waals surface area contributed by atoms with Crippen molar-refractivity contribution in [3.8, 4) is 23.0 Å². The second-order valence-electron chi connectivity index (χ2n) is 7.93. The molecule has 1 N–H and O–H groups in total. The maximum atomic E-state index is 13.0. The summed E-state index contributed by atoms with van der Waals surface area (Å²) in [6.45, 7) is 6.18. The van der Waals surface area contributed by atoms with Crippen molar-refractivity contribution in [3.05, 3.63) is 71.3 Å². The zero-order valence-electron chi connectivity index (χ0n) is 18.9. The van der Waals surface area contributed by atoms with Gasteiger partial charge in [0.15, 0.2) is 5.58 Å². The summed E-state index contributed by atoms with van der Waals surface area (Å²) in [7, 11) is 3.11. The Morgan fingerprint density at radius 2 is 1.84 bits per heavy atom. The number of amides is 1. The molecule has 0 aliphatic heterocycles. The van der Waals surface area contributed by atoms with Crippen molar-refractivity contribution in [2.24, 2.45) is 0 Å². The summed E-state index contributed by atoms with van der Waals surface area (Å²) in [6, 6.07) is 16.9. The average molecular weight is 431 g/mol. The van der Waals surface area contributed by atoms with Crippen molar-refractivity contribution in [2.75, 3.05) is 19.5 Å². The van der Waals surface area contributed by atoms with Gasteiger partial charge in [0.25, 0.3) is 5.91 Å². The molecule has 0 atom stereocenters. The number of oxazole rings is 1. The van der Waals surface area contributed by atoms with E-state index in [4.69, 9.17) is 13.9 Å². The number of carbonyl (C=O) groups excluding carboxylic acids is 1. The third kappa shape index (κ3) is 4.04. The highest BCUT2D eigenvalue weighted by atomic mass is 16.5. The van der Waals surface area contributed by atoms with Gasteiger partial charge in [0.05, 0.1) is 25.5 Å². The maximum Gasteiger partial charge on any atom is 0.259 e. The van der Waals surface area contributed by atoms with E-state index in [9.17, 15) is 4.79 Å². The smallest absolute Gasteiger partial charge is 0.259 e. The largest absolute Gasteiger partial charge is 0.496 e. The van der Waals surface area contributed by atoms with Gasteiger partial charge in [-0.1, -0.05) is 32.0 Å². The summed E-state index contributed by atoms with van der Waals surface area (Å²) in [5.74, 6) is 1.67. The molecule has 32 heavy (non-hydrogen) atoms. The minimum absolute atomic E-state index is 0.292. The van der Waals surface area contributed by atoms with Gasteiger partial charge in [-0.25, -0.2) is 4.98 Å². The number of hydrogen-bond acceptors (Lipinski definition) is 5. The van der Waals surface area contributed by atoms with Crippen LogP contribution >= 0.6 is 0 Å². The standard InChI is InChI=1S/C26H26N2O4/c1-15(2)17-9-12-23-21(13-17)28-26(32-23)18-10-11-22(30-4)20(14-18)27-25(29)19-8-6-7-16(3)24(19)31-5/h6-15H,1-5H3,(H,27,29). The predicted octanol–water partition coefficient (Wildman–Crippen LogP) is 6.20. The number of methoxy groups -OCH3 is 2. The molecular formula is C26H26N2O4. The van der Waals surface area contributed by atoms with Crippen LogP contribution in [-0.2, 0) is 0 Å². The lowest BCUT2D eigenvalue weighted by molar-refractivity contribution is 0.102. The number of aryl methyl sites for hydroxylation is 1. The predicted molar refractivity (Wildman–Crippen MR) is 126 cm³/mol. The molecule has 0 aliphatic carbocycles. The molecule has 6 heteroatoms. The molecule has 0 bridgehead atoms. The highest BCUT2D eigenvalue weighted by molar-refractivity contribution is 6.07. The molecule has 4 aromatic rings. The van der Waals surface area contributed by atoms with E-state index in [-0.39, 0.29) is 5.91 Å². The fraction of sp³-hybridized carbons (Fsp3) is 0.231. The van der Waals surface area contributed by atoms with E-state index in [1.807, 2.05) is 37.3 Å². The summed E-state index contributed by atoms with van der Waals surface area (Å²) in [6.07, 6.45) is 0. The first kappa shape index (κ1) is 21.4. The van der Waals surface area contributed by atoms with E-state index in [0.717, 1.165) is 22.2 Å². The molecule has 0 saturated carbocycles. The number of aromatic nitrogens is 1. The number of nitrogens with one attached hydrogen (secondary N) is 1. The Hall–Kier alpha value is -3.80. The van der Waals surface area contributed by atoms with E-state index in [1.165, 1.54) is 5.56 Å². The molecule has 164 valence electrons. The number of carbonyl (C=O) groups is 1. The van der Waals surface area contributed by atoms with Gasteiger partial charge in [-0.2, -0.15) is 0 Å². The van der Waals surface area contributed by atoms with Gasteiger partial charge in [0, 0.05) is 5.56 Å². The Morgan fingerprint density at radius 3 is 2.56 bits per heavy atom. The number of rotatable bonds is 6. The fourth-order valence-corrected chi connectivity index (χ4v) is 3.66. The molecule has 4 rings (SSSR count). The van der Waals surface area contributed by atoms with Crippen molar-refractivity contribution in [2.45, 2.75) is 26.7 Å². The highest BCUT2D eigenvalue weighted by Crippen LogP contribution is 2.33. The Labute approximate surface area is 187 Å². The van der Waals surface area contributed by atoms with Crippen LogP contribution in [0.15, 0.2) is 59.0 Å². The zero-order chi connectivity index (χ0) is 22.8. The van der Waals surface area contributed by atoms with Crippen LogP contribution in [0.2, 0.25) is 0 Å². The lowest BCUT2D eigenvalue weighted by atomic mass is 10.0. The molecule has 1 amide bonds. The monoisotopic (exact) mass is 430 g/mol. The topological polar surface area (TPSA) is 73.6 Å². The molecular weight excluding hydrogens is 404 g/mol. The summed E-state index contributed by atoms with van der Waals surface area (Å²) in [5, 5.41) is 2.93. The Balaban J connectivity index is 1.70. The quantitative estimate of drug-likeness (QED) is 0.394. The maximum absolute atomic E-state index is 13.0. The molecule has 3 aromatic carbocycles. The van der Waals surface area contributed by atoms with Gasteiger partial charge in [0.1, 0.15) is 17.0 Å². The minimum Gasteiger partial charge on any atom is -0.496 e. The second kappa shape index (κ2) is 8.75. The number of hydrogen-bond donors (Lipinski definition) is 1. The van der Waals surface area contributed by atoms with Crippen LogP contribution in [0.4, 0.5) is 5.69 Å². The fourth-order valence-electron chi connectivity index (χ4n) is 3.66. The van der Waals surface area contributed by atoms with E-state index in [0.29, 0.717) is 34.6 Å². The molecule has 1 aromatic heterocycles. The van der Waals surface area contributed by atoms with Gasteiger partial charge in [-0.3, -0.25) is 4.79 Å². The summed E-state index contributed by atoms with van der Waals surface area (Å²) in [4.78, 5) is 17.7. The molecule has 6 nitrogen and oxygen atoms in total. The van der Waals surface area contributed by atoms with Gasteiger partial charge < -0.3 is 19.2 Å². The molecule has 1 heterocycles. The normalized spacial score (nSPS) is 11.1. The van der Waals surface area contributed by atoms with E-state index < -0.39 is 0 Å². The van der Waals surface area contributed by atoms with Crippen molar-refractivity contribution >= 4 is 22.7 Å². The van der Waals surface area contributed by atoms with Gasteiger partial charge in [-0.15, -0.1) is 0 Å². The van der Waals surface area contributed by atoms with Crippen LogP contribution in [0.1, 0.15) is 41.3 Å².